The van der Waals surface area contributed by atoms with Gasteiger partial charge >= 0.3 is 5.97 Å². The second-order valence-electron chi connectivity index (χ2n) is 7.14. The molecule has 0 fully saturated rings. The monoisotopic (exact) mass is 444 g/mol. The van der Waals surface area contributed by atoms with Crippen LogP contribution in [0.2, 0.25) is 5.15 Å². The number of fused-ring (bicyclic) bond motifs is 1. The van der Waals surface area contributed by atoms with Crippen LogP contribution in [0.15, 0.2) is 30.5 Å². The van der Waals surface area contributed by atoms with Crippen LogP contribution in [0.5, 0.6) is 0 Å². The Labute approximate surface area is 185 Å². The lowest BCUT2D eigenvalue weighted by atomic mass is 10.00. The second kappa shape index (κ2) is 9.89. The van der Waals surface area contributed by atoms with E-state index >= 15 is 0 Å². The first-order chi connectivity index (χ1) is 14.8. The molecule has 0 aliphatic carbocycles. The summed E-state index contributed by atoms with van der Waals surface area (Å²) in [5.74, 6) is -0.889. The number of benzene rings is 1. The maximum absolute atomic E-state index is 12.8. The minimum Gasteiger partial charge on any atom is -0.459 e. The van der Waals surface area contributed by atoms with Crippen LogP contribution in [0.25, 0.3) is 22.0 Å². The van der Waals surface area contributed by atoms with Gasteiger partial charge in [-0.3, -0.25) is 9.48 Å². The van der Waals surface area contributed by atoms with Crippen molar-refractivity contribution in [3.8, 4) is 11.1 Å². The van der Waals surface area contributed by atoms with Gasteiger partial charge in [-0.2, -0.15) is 5.10 Å². The number of para-hydroxylation sites is 1. The van der Waals surface area contributed by atoms with Crippen molar-refractivity contribution in [3.63, 3.8) is 0 Å². The number of nitrogens with zero attached hydrogens (tertiary/aromatic N) is 3. The molecule has 2 aromatic heterocycles. The number of rotatable bonds is 8. The van der Waals surface area contributed by atoms with Gasteiger partial charge in [0.25, 0.3) is 5.91 Å². The summed E-state index contributed by atoms with van der Waals surface area (Å²) in [4.78, 5) is 30.0. The van der Waals surface area contributed by atoms with E-state index in [0.717, 1.165) is 0 Å². The normalized spacial score (nSPS) is 11.2. The average Bonchev–Trinajstić information content (AvgIpc) is 3.07. The van der Waals surface area contributed by atoms with Gasteiger partial charge in [-0.1, -0.05) is 23.7 Å². The Morgan fingerprint density at radius 2 is 2.03 bits per heavy atom. The summed E-state index contributed by atoms with van der Waals surface area (Å²) in [5, 5.41) is 8.05. The minimum absolute atomic E-state index is 0.156. The van der Waals surface area contributed by atoms with Gasteiger partial charge in [0.2, 0.25) is 0 Å². The van der Waals surface area contributed by atoms with E-state index in [0.29, 0.717) is 46.9 Å². The lowest BCUT2D eigenvalue weighted by Gasteiger charge is -2.13. The van der Waals surface area contributed by atoms with E-state index in [-0.39, 0.29) is 23.3 Å². The van der Waals surface area contributed by atoms with Crippen LogP contribution < -0.4 is 5.32 Å². The number of pyridine rings is 1. The zero-order valence-corrected chi connectivity index (χ0v) is 18.7. The molecule has 8 nitrogen and oxygen atoms in total. The molecule has 9 heteroatoms. The predicted molar refractivity (Wildman–Crippen MR) is 118 cm³/mol. The Kier molecular flexibility index (Phi) is 7.25. The maximum Gasteiger partial charge on any atom is 0.340 e. The molecule has 2 heterocycles. The average molecular weight is 445 g/mol. The molecule has 0 saturated heterocycles. The highest BCUT2D eigenvalue weighted by atomic mass is 35.5. The molecule has 3 aromatic rings. The number of amides is 1. The number of nitrogens with one attached hydrogen (secondary N) is 1. The smallest absolute Gasteiger partial charge is 0.340 e. The van der Waals surface area contributed by atoms with E-state index in [1.807, 2.05) is 13.0 Å². The molecule has 1 amide bonds. The van der Waals surface area contributed by atoms with Gasteiger partial charge in [0.15, 0.2) is 0 Å². The van der Waals surface area contributed by atoms with E-state index in [1.54, 1.807) is 45.3 Å². The molecule has 1 N–H and O–H groups in total. The van der Waals surface area contributed by atoms with Crippen LogP contribution in [-0.2, 0) is 16.5 Å². The molecule has 0 unspecified atom stereocenters. The Morgan fingerprint density at radius 3 is 2.68 bits per heavy atom. The van der Waals surface area contributed by atoms with Crippen molar-refractivity contribution < 1.29 is 19.1 Å². The molecular formula is C22H25ClN4O4. The molecule has 164 valence electrons. The summed E-state index contributed by atoms with van der Waals surface area (Å²) >= 11 is 6.44. The number of carbonyl (C=O) groups excluding carboxylic acids is 2. The number of hydrogen-bond donors (Lipinski definition) is 1. The van der Waals surface area contributed by atoms with E-state index < -0.39 is 5.97 Å². The molecule has 0 spiro atoms. The molecule has 1 aromatic carbocycles. The van der Waals surface area contributed by atoms with Crippen molar-refractivity contribution in [2.24, 2.45) is 7.05 Å². The second-order valence-corrected chi connectivity index (χ2v) is 7.49. The Balaban J connectivity index is 2.15. The Morgan fingerprint density at radius 1 is 1.26 bits per heavy atom. The highest BCUT2D eigenvalue weighted by molar-refractivity contribution is 6.32. The van der Waals surface area contributed by atoms with Gasteiger partial charge in [-0.25, -0.2) is 9.78 Å². The fraction of sp³-hybridized carbons (Fsp3) is 0.364. The first-order valence-electron chi connectivity index (χ1n) is 10.0. The lowest BCUT2D eigenvalue weighted by Crippen LogP contribution is -2.28. The highest BCUT2D eigenvalue weighted by Gasteiger charge is 2.21. The quantitative estimate of drug-likeness (QED) is 0.421. The summed E-state index contributed by atoms with van der Waals surface area (Å²) in [7, 11) is 1.72. The molecule has 31 heavy (non-hydrogen) atoms. The molecule has 0 radical (unpaired) electrons. The van der Waals surface area contributed by atoms with Gasteiger partial charge < -0.3 is 14.8 Å². The van der Waals surface area contributed by atoms with Crippen LogP contribution >= 0.6 is 11.6 Å². The molecule has 0 atom stereocenters. The summed E-state index contributed by atoms with van der Waals surface area (Å²) in [5.41, 5.74) is 2.08. The van der Waals surface area contributed by atoms with Crippen molar-refractivity contribution >= 4 is 34.4 Å². The van der Waals surface area contributed by atoms with E-state index in [9.17, 15) is 9.59 Å². The topological polar surface area (TPSA) is 95.3 Å². The van der Waals surface area contributed by atoms with Gasteiger partial charge in [0, 0.05) is 31.1 Å². The molecular weight excluding hydrogens is 420 g/mol. The third-order valence-electron chi connectivity index (χ3n) is 4.53. The Bertz CT molecular complexity index is 1110. The third-order valence-corrected chi connectivity index (χ3v) is 4.98. The largest absolute Gasteiger partial charge is 0.459 e. The minimum atomic E-state index is -0.509. The van der Waals surface area contributed by atoms with Gasteiger partial charge in [-0.05, 0) is 38.5 Å². The number of halogens is 1. The van der Waals surface area contributed by atoms with Crippen molar-refractivity contribution in [1.29, 1.82) is 0 Å². The zero-order valence-electron chi connectivity index (χ0n) is 17.9. The standard InChI is InChI=1S/C22H25ClN4O4/c1-5-30-10-9-24-21(28)18-11-16(17-12-25-27(4)20(17)23)14-7-6-8-15(19(14)26-18)22(29)31-13(2)3/h6-8,11-13H,5,9-10H2,1-4H3,(H,24,28). The number of aryl methyl sites for hydroxylation is 1. The number of carbonyl (C=O) groups is 2. The summed E-state index contributed by atoms with van der Waals surface area (Å²) in [6.45, 7) is 6.72. The van der Waals surface area contributed by atoms with Crippen LogP contribution in [0.3, 0.4) is 0 Å². The van der Waals surface area contributed by atoms with E-state index in [2.05, 4.69) is 15.4 Å². The fourth-order valence-corrected chi connectivity index (χ4v) is 3.30. The van der Waals surface area contributed by atoms with E-state index in [1.165, 1.54) is 4.68 Å². The molecule has 0 aliphatic rings. The van der Waals surface area contributed by atoms with Crippen LogP contribution in [0.4, 0.5) is 0 Å². The molecule has 3 rings (SSSR count). The number of aromatic nitrogens is 3. The first kappa shape index (κ1) is 22.7. The first-order valence-corrected chi connectivity index (χ1v) is 10.4. The number of hydrogen-bond acceptors (Lipinski definition) is 6. The molecule has 0 bridgehead atoms. The fourth-order valence-electron chi connectivity index (χ4n) is 3.10. The van der Waals surface area contributed by atoms with Crippen molar-refractivity contribution in [1.82, 2.24) is 20.1 Å². The van der Waals surface area contributed by atoms with Gasteiger partial charge in [0.1, 0.15) is 10.8 Å². The maximum atomic E-state index is 12.8. The summed E-state index contributed by atoms with van der Waals surface area (Å²) in [6, 6.07) is 6.85. The van der Waals surface area contributed by atoms with Crippen LogP contribution in [0.1, 0.15) is 41.6 Å². The van der Waals surface area contributed by atoms with Crippen LogP contribution in [0, 0.1) is 0 Å². The van der Waals surface area contributed by atoms with Crippen molar-refractivity contribution in [2.75, 3.05) is 19.8 Å². The number of esters is 1. The zero-order chi connectivity index (χ0) is 22.5. The van der Waals surface area contributed by atoms with Crippen molar-refractivity contribution in [2.45, 2.75) is 26.9 Å². The summed E-state index contributed by atoms with van der Waals surface area (Å²) in [6.07, 6.45) is 1.33. The number of ether oxygens (including phenoxy) is 2. The SMILES string of the molecule is CCOCCNC(=O)c1cc(-c2cnn(C)c2Cl)c2cccc(C(=O)OC(C)C)c2n1. The summed E-state index contributed by atoms with van der Waals surface area (Å²) < 4.78 is 12.2. The molecule has 0 aliphatic heterocycles. The predicted octanol–water partition coefficient (Wildman–Crippen LogP) is 3.62. The Hall–Kier alpha value is -2.97. The third kappa shape index (κ3) is 5.03. The highest BCUT2D eigenvalue weighted by Crippen LogP contribution is 2.34. The van der Waals surface area contributed by atoms with E-state index in [4.69, 9.17) is 21.1 Å². The lowest BCUT2D eigenvalue weighted by molar-refractivity contribution is 0.0380. The van der Waals surface area contributed by atoms with Crippen molar-refractivity contribution in [3.05, 3.63) is 46.9 Å². The van der Waals surface area contributed by atoms with Gasteiger partial charge in [-0.15, -0.1) is 0 Å². The van der Waals surface area contributed by atoms with Crippen LogP contribution in [-0.4, -0.2) is 52.5 Å². The van der Waals surface area contributed by atoms with Gasteiger partial charge in [0.05, 0.1) is 30.0 Å². The molecule has 0 saturated carbocycles.